The van der Waals surface area contributed by atoms with Crippen LogP contribution in [0.2, 0.25) is 0 Å². The van der Waals surface area contributed by atoms with Crippen molar-refractivity contribution in [2.75, 3.05) is 11.0 Å². The zero-order valence-corrected chi connectivity index (χ0v) is 11.0. The van der Waals surface area contributed by atoms with Gasteiger partial charge in [-0.05, 0) is 41.5 Å². The number of benzene rings is 1. The number of amides is 1. The normalized spacial score (nSPS) is 9.50. The van der Waals surface area contributed by atoms with E-state index >= 15 is 0 Å². The number of hydrogen-bond acceptors (Lipinski definition) is 2. The summed E-state index contributed by atoms with van der Waals surface area (Å²) in [4.78, 5) is 11.6. The summed E-state index contributed by atoms with van der Waals surface area (Å²) in [5.41, 5.74) is 1.18. The molecule has 0 saturated carbocycles. The fraction of sp³-hybridized carbons (Fsp3) is 0.333. The Morgan fingerprint density at radius 2 is 2.00 bits per heavy atom. The molecule has 1 amide bonds. The number of hydrogen-bond donors (Lipinski definition) is 1. The second-order valence-electron chi connectivity index (χ2n) is 3.34. The number of alkyl halides is 1. The molecule has 0 unspecified atom stereocenters. The van der Waals surface area contributed by atoms with Crippen LogP contribution in [0.4, 0.5) is 0 Å². The molecule has 0 heterocycles. The summed E-state index contributed by atoms with van der Waals surface area (Å²) in [6, 6.07) is 8.67. The van der Waals surface area contributed by atoms with Crippen LogP contribution in [0.1, 0.15) is 28.8 Å². The van der Waals surface area contributed by atoms with Crippen LogP contribution in [0.25, 0.3) is 0 Å². The molecule has 0 aromatic heterocycles. The first-order valence-corrected chi connectivity index (χ1v) is 6.65. The van der Waals surface area contributed by atoms with Crippen LogP contribution in [-0.4, -0.2) is 16.9 Å². The van der Waals surface area contributed by atoms with Crippen molar-refractivity contribution < 1.29 is 4.79 Å². The summed E-state index contributed by atoms with van der Waals surface area (Å²) in [5, 5.41) is 11.5. The summed E-state index contributed by atoms with van der Waals surface area (Å²) in [5.74, 6) is -0.0713. The Hall–Kier alpha value is -1.09. The van der Waals surface area contributed by atoms with Gasteiger partial charge < -0.3 is 5.32 Å². The number of unbranched alkanes of at least 4 members (excludes halogenated alkanes) is 1. The maximum atomic E-state index is 11.6. The van der Waals surface area contributed by atoms with Crippen molar-refractivity contribution in [2.45, 2.75) is 12.8 Å². The Morgan fingerprint density at radius 3 is 2.56 bits per heavy atom. The van der Waals surface area contributed by atoms with E-state index in [2.05, 4.69) is 27.9 Å². The van der Waals surface area contributed by atoms with Gasteiger partial charge in [0.05, 0.1) is 11.6 Å². The minimum atomic E-state index is -0.0713. The molecule has 0 bridgehead atoms. The third-order valence-corrected chi connectivity index (χ3v) is 2.88. The van der Waals surface area contributed by atoms with Gasteiger partial charge >= 0.3 is 0 Å². The van der Waals surface area contributed by atoms with Crippen LogP contribution < -0.4 is 5.32 Å². The largest absolute Gasteiger partial charge is 0.352 e. The molecule has 0 radical (unpaired) electrons. The molecule has 1 rings (SSSR count). The van der Waals surface area contributed by atoms with Crippen LogP contribution >= 0.6 is 22.6 Å². The Kier molecular flexibility index (Phi) is 5.86. The maximum absolute atomic E-state index is 11.6. The SMILES string of the molecule is N#Cc1ccc(C(=O)NCCCCI)cc1. The number of carbonyl (C=O) groups excluding carboxylic acids is 1. The summed E-state index contributed by atoms with van der Waals surface area (Å²) in [6.45, 7) is 0.710. The minimum absolute atomic E-state index is 0.0713. The second-order valence-corrected chi connectivity index (χ2v) is 4.42. The molecule has 84 valence electrons. The maximum Gasteiger partial charge on any atom is 0.251 e. The first kappa shape index (κ1) is 13.0. The summed E-state index contributed by atoms with van der Waals surface area (Å²) < 4.78 is 1.12. The van der Waals surface area contributed by atoms with E-state index < -0.39 is 0 Å². The van der Waals surface area contributed by atoms with Gasteiger partial charge in [0.2, 0.25) is 0 Å². The van der Waals surface area contributed by atoms with Crippen molar-refractivity contribution in [3.63, 3.8) is 0 Å². The van der Waals surface area contributed by atoms with Gasteiger partial charge in [-0.1, -0.05) is 22.6 Å². The minimum Gasteiger partial charge on any atom is -0.352 e. The highest BCUT2D eigenvalue weighted by Gasteiger charge is 2.03. The lowest BCUT2D eigenvalue weighted by Crippen LogP contribution is -2.24. The van der Waals surface area contributed by atoms with Gasteiger partial charge in [-0.15, -0.1) is 0 Å². The Labute approximate surface area is 109 Å². The summed E-state index contributed by atoms with van der Waals surface area (Å²) >= 11 is 2.32. The molecule has 0 aliphatic carbocycles. The Bertz CT molecular complexity index is 381. The van der Waals surface area contributed by atoms with Gasteiger partial charge in [-0.25, -0.2) is 0 Å². The van der Waals surface area contributed by atoms with Gasteiger partial charge in [-0.3, -0.25) is 4.79 Å². The van der Waals surface area contributed by atoms with Crippen LogP contribution in [0.15, 0.2) is 24.3 Å². The van der Waals surface area contributed by atoms with E-state index in [0.717, 1.165) is 17.3 Å². The van der Waals surface area contributed by atoms with Crippen LogP contribution in [0, 0.1) is 11.3 Å². The molecular formula is C12H13IN2O. The molecule has 0 aliphatic heterocycles. The molecule has 0 spiro atoms. The van der Waals surface area contributed by atoms with E-state index in [1.54, 1.807) is 24.3 Å². The Morgan fingerprint density at radius 1 is 1.31 bits per heavy atom. The van der Waals surface area contributed by atoms with Crippen molar-refractivity contribution in [1.29, 1.82) is 5.26 Å². The van der Waals surface area contributed by atoms with E-state index in [1.165, 1.54) is 0 Å². The number of carbonyl (C=O) groups is 1. The van der Waals surface area contributed by atoms with Crippen LogP contribution in [-0.2, 0) is 0 Å². The van der Waals surface area contributed by atoms with E-state index in [-0.39, 0.29) is 5.91 Å². The number of nitriles is 1. The number of nitrogens with one attached hydrogen (secondary N) is 1. The molecule has 1 N–H and O–H groups in total. The molecule has 0 atom stereocenters. The van der Waals surface area contributed by atoms with Crippen molar-refractivity contribution >= 4 is 28.5 Å². The van der Waals surface area contributed by atoms with Crippen molar-refractivity contribution in [1.82, 2.24) is 5.32 Å². The summed E-state index contributed by atoms with van der Waals surface area (Å²) in [6.07, 6.45) is 2.12. The van der Waals surface area contributed by atoms with Gasteiger partial charge in [0.1, 0.15) is 0 Å². The van der Waals surface area contributed by atoms with E-state index in [4.69, 9.17) is 5.26 Å². The molecule has 0 saturated heterocycles. The highest BCUT2D eigenvalue weighted by atomic mass is 127. The average molecular weight is 328 g/mol. The van der Waals surface area contributed by atoms with Crippen LogP contribution in [0.5, 0.6) is 0 Å². The predicted molar refractivity (Wildman–Crippen MR) is 71.6 cm³/mol. The molecule has 0 aliphatic rings. The van der Waals surface area contributed by atoms with Gasteiger partial charge in [0.15, 0.2) is 0 Å². The van der Waals surface area contributed by atoms with Crippen molar-refractivity contribution in [3.05, 3.63) is 35.4 Å². The molecule has 3 nitrogen and oxygen atoms in total. The van der Waals surface area contributed by atoms with E-state index in [9.17, 15) is 4.79 Å². The quantitative estimate of drug-likeness (QED) is 0.513. The number of halogens is 1. The molecule has 4 heteroatoms. The average Bonchev–Trinajstić information content (AvgIpc) is 2.34. The predicted octanol–water partition coefficient (Wildman–Crippen LogP) is 2.50. The second kappa shape index (κ2) is 7.23. The van der Waals surface area contributed by atoms with Crippen molar-refractivity contribution in [3.8, 4) is 6.07 Å². The lowest BCUT2D eigenvalue weighted by Gasteiger charge is -2.04. The zero-order chi connectivity index (χ0) is 11.8. The smallest absolute Gasteiger partial charge is 0.251 e. The first-order chi connectivity index (χ1) is 7.77. The first-order valence-electron chi connectivity index (χ1n) is 5.12. The fourth-order valence-electron chi connectivity index (χ4n) is 1.22. The van der Waals surface area contributed by atoms with Crippen molar-refractivity contribution in [2.24, 2.45) is 0 Å². The molecular weight excluding hydrogens is 315 g/mol. The number of rotatable bonds is 5. The monoisotopic (exact) mass is 328 g/mol. The van der Waals surface area contributed by atoms with E-state index in [0.29, 0.717) is 17.7 Å². The third kappa shape index (κ3) is 4.19. The molecule has 0 fully saturated rings. The third-order valence-electron chi connectivity index (χ3n) is 2.12. The summed E-state index contributed by atoms with van der Waals surface area (Å²) in [7, 11) is 0. The highest BCUT2D eigenvalue weighted by Crippen LogP contribution is 2.03. The Balaban J connectivity index is 2.44. The van der Waals surface area contributed by atoms with E-state index in [1.807, 2.05) is 6.07 Å². The van der Waals surface area contributed by atoms with Crippen LogP contribution in [0.3, 0.4) is 0 Å². The topological polar surface area (TPSA) is 52.9 Å². The molecule has 1 aromatic carbocycles. The molecule has 1 aromatic rings. The highest BCUT2D eigenvalue weighted by molar-refractivity contribution is 14.1. The zero-order valence-electron chi connectivity index (χ0n) is 8.87. The van der Waals surface area contributed by atoms with Gasteiger partial charge in [0.25, 0.3) is 5.91 Å². The number of nitrogens with zero attached hydrogens (tertiary/aromatic N) is 1. The lowest BCUT2D eigenvalue weighted by molar-refractivity contribution is 0.0953. The molecule has 16 heavy (non-hydrogen) atoms. The fourth-order valence-corrected chi connectivity index (χ4v) is 1.76. The van der Waals surface area contributed by atoms with Gasteiger partial charge in [-0.2, -0.15) is 5.26 Å². The van der Waals surface area contributed by atoms with Gasteiger partial charge in [0, 0.05) is 12.1 Å². The standard InChI is InChI=1S/C12H13IN2O/c13-7-1-2-8-15-12(16)11-5-3-10(9-14)4-6-11/h3-6H,1-2,7-8H2,(H,15,16). The lowest BCUT2D eigenvalue weighted by atomic mass is 10.1.